The molecule has 0 aliphatic carbocycles. The van der Waals surface area contributed by atoms with Gasteiger partial charge in [0.25, 0.3) is 0 Å². The summed E-state index contributed by atoms with van der Waals surface area (Å²) < 4.78 is 0. The summed E-state index contributed by atoms with van der Waals surface area (Å²) in [4.78, 5) is 12.0. The zero-order valence-electron chi connectivity index (χ0n) is 12.6. The molecule has 0 bridgehead atoms. The number of benzene rings is 1. The zero-order chi connectivity index (χ0) is 14.4. The number of amides is 1. The van der Waals surface area contributed by atoms with Gasteiger partial charge < -0.3 is 10.6 Å². The number of hydrogen-bond acceptors (Lipinski definition) is 2. The molecule has 3 heteroatoms. The molecule has 0 spiro atoms. The maximum Gasteiger partial charge on any atom is 0.220 e. The van der Waals surface area contributed by atoms with Crippen LogP contribution in [0.4, 0.5) is 0 Å². The van der Waals surface area contributed by atoms with E-state index < -0.39 is 0 Å². The molecule has 1 amide bonds. The van der Waals surface area contributed by atoms with Crippen molar-refractivity contribution in [3.63, 3.8) is 0 Å². The fourth-order valence-corrected chi connectivity index (χ4v) is 2.94. The van der Waals surface area contributed by atoms with Gasteiger partial charge in [0.1, 0.15) is 0 Å². The third-order valence-corrected chi connectivity index (χ3v) is 4.16. The van der Waals surface area contributed by atoms with E-state index in [4.69, 9.17) is 0 Å². The van der Waals surface area contributed by atoms with Crippen molar-refractivity contribution >= 4 is 5.91 Å². The first kappa shape index (κ1) is 15.0. The Hall–Kier alpha value is -1.35. The molecule has 20 heavy (non-hydrogen) atoms. The number of rotatable bonds is 5. The van der Waals surface area contributed by atoms with Crippen molar-refractivity contribution in [2.75, 3.05) is 6.54 Å². The maximum atomic E-state index is 12.0. The van der Waals surface area contributed by atoms with Crippen LogP contribution < -0.4 is 10.6 Å². The Kier molecular flexibility index (Phi) is 5.60. The van der Waals surface area contributed by atoms with Crippen molar-refractivity contribution in [2.24, 2.45) is 0 Å². The van der Waals surface area contributed by atoms with E-state index in [2.05, 4.69) is 36.6 Å². The van der Waals surface area contributed by atoms with Crippen LogP contribution in [0.5, 0.6) is 0 Å². The molecule has 2 rings (SSSR count). The minimum atomic E-state index is 0.0861. The second kappa shape index (κ2) is 7.44. The summed E-state index contributed by atoms with van der Waals surface area (Å²) in [6, 6.07) is 8.85. The summed E-state index contributed by atoms with van der Waals surface area (Å²) in [6.07, 6.45) is 5.34. The van der Waals surface area contributed by atoms with Gasteiger partial charge in [-0.2, -0.15) is 0 Å². The van der Waals surface area contributed by atoms with E-state index in [1.165, 1.54) is 30.4 Å². The van der Waals surface area contributed by atoms with E-state index in [0.717, 1.165) is 13.0 Å². The Morgan fingerprint density at radius 2 is 2.20 bits per heavy atom. The summed E-state index contributed by atoms with van der Waals surface area (Å²) in [5.41, 5.74) is 2.44. The molecule has 1 saturated heterocycles. The Morgan fingerprint density at radius 3 is 2.90 bits per heavy atom. The first-order valence-electron chi connectivity index (χ1n) is 7.75. The average molecular weight is 274 g/mol. The summed E-state index contributed by atoms with van der Waals surface area (Å²) in [5, 5.41) is 6.60. The van der Waals surface area contributed by atoms with E-state index >= 15 is 0 Å². The van der Waals surface area contributed by atoms with Crippen LogP contribution in [0.3, 0.4) is 0 Å². The van der Waals surface area contributed by atoms with Crippen molar-refractivity contribution in [1.29, 1.82) is 0 Å². The van der Waals surface area contributed by atoms with E-state index in [1.807, 2.05) is 12.1 Å². The summed E-state index contributed by atoms with van der Waals surface area (Å²) in [5.74, 6) is 0.160. The molecule has 1 unspecified atom stereocenters. The first-order valence-corrected chi connectivity index (χ1v) is 7.75. The molecular formula is C17H26N2O. The molecule has 3 nitrogen and oxygen atoms in total. The molecule has 1 aromatic carbocycles. The van der Waals surface area contributed by atoms with Gasteiger partial charge in [0.15, 0.2) is 0 Å². The predicted molar refractivity (Wildman–Crippen MR) is 82.6 cm³/mol. The van der Waals surface area contributed by atoms with Crippen molar-refractivity contribution in [3.8, 4) is 0 Å². The molecule has 1 aromatic rings. The Bertz CT molecular complexity index is 438. The minimum Gasteiger partial charge on any atom is -0.350 e. The van der Waals surface area contributed by atoms with E-state index in [1.54, 1.807) is 0 Å². The van der Waals surface area contributed by atoms with Gasteiger partial charge in [-0.3, -0.25) is 4.79 Å². The molecule has 0 aromatic heterocycles. The normalized spacial score (nSPS) is 20.4. The number of aryl methyl sites for hydroxylation is 1. The standard InChI is InChI=1S/C17H26N2O/c1-13-7-3-4-9-16(13)14(2)19-17(20)11-10-15-8-5-6-12-18-15/h3-4,7,9,14-15,18H,5-6,8,10-12H2,1-2H3,(H,19,20)/t14-,15?/m1/s1. The van der Waals surface area contributed by atoms with Crippen molar-refractivity contribution < 1.29 is 4.79 Å². The maximum absolute atomic E-state index is 12.0. The molecule has 0 saturated carbocycles. The zero-order valence-corrected chi connectivity index (χ0v) is 12.6. The van der Waals surface area contributed by atoms with Crippen LogP contribution in [0.15, 0.2) is 24.3 Å². The summed E-state index contributed by atoms with van der Waals surface area (Å²) in [6.45, 7) is 5.24. The monoisotopic (exact) mass is 274 g/mol. The predicted octanol–water partition coefficient (Wildman–Crippen LogP) is 3.09. The van der Waals surface area contributed by atoms with Gasteiger partial charge in [0.05, 0.1) is 6.04 Å². The fraction of sp³-hybridized carbons (Fsp3) is 0.588. The molecule has 2 N–H and O–H groups in total. The van der Waals surface area contributed by atoms with E-state index in [-0.39, 0.29) is 11.9 Å². The third-order valence-electron chi connectivity index (χ3n) is 4.16. The van der Waals surface area contributed by atoms with E-state index in [9.17, 15) is 4.79 Å². The highest BCUT2D eigenvalue weighted by Gasteiger charge is 2.15. The lowest BCUT2D eigenvalue weighted by molar-refractivity contribution is -0.122. The second-order valence-corrected chi connectivity index (χ2v) is 5.83. The Labute approximate surface area is 122 Å². The number of carbonyl (C=O) groups is 1. The molecule has 2 atom stereocenters. The van der Waals surface area contributed by atoms with Crippen molar-refractivity contribution in [2.45, 2.75) is 58.0 Å². The summed E-state index contributed by atoms with van der Waals surface area (Å²) >= 11 is 0. The highest BCUT2D eigenvalue weighted by atomic mass is 16.1. The molecule has 1 heterocycles. The van der Waals surface area contributed by atoms with Crippen LogP contribution in [-0.4, -0.2) is 18.5 Å². The SMILES string of the molecule is Cc1ccccc1[C@@H](C)NC(=O)CCC1CCCCN1. The topological polar surface area (TPSA) is 41.1 Å². The first-order chi connectivity index (χ1) is 9.66. The fourth-order valence-electron chi connectivity index (χ4n) is 2.94. The highest BCUT2D eigenvalue weighted by Crippen LogP contribution is 2.17. The van der Waals surface area contributed by atoms with Gasteiger partial charge in [0, 0.05) is 12.5 Å². The quantitative estimate of drug-likeness (QED) is 0.866. The van der Waals surface area contributed by atoms with Crippen LogP contribution in [0, 0.1) is 6.92 Å². The van der Waals surface area contributed by atoms with Gasteiger partial charge in [-0.15, -0.1) is 0 Å². The summed E-state index contributed by atoms with van der Waals surface area (Å²) in [7, 11) is 0. The van der Waals surface area contributed by atoms with Crippen molar-refractivity contribution in [1.82, 2.24) is 10.6 Å². The Balaban J connectivity index is 1.77. The number of hydrogen-bond donors (Lipinski definition) is 2. The Morgan fingerprint density at radius 1 is 1.40 bits per heavy atom. The minimum absolute atomic E-state index is 0.0861. The van der Waals surface area contributed by atoms with Gasteiger partial charge in [-0.05, 0) is 50.8 Å². The highest BCUT2D eigenvalue weighted by molar-refractivity contribution is 5.76. The smallest absolute Gasteiger partial charge is 0.220 e. The molecular weight excluding hydrogens is 248 g/mol. The van der Waals surface area contributed by atoms with Gasteiger partial charge in [-0.1, -0.05) is 30.7 Å². The second-order valence-electron chi connectivity index (χ2n) is 5.83. The molecule has 110 valence electrons. The lowest BCUT2D eigenvalue weighted by Crippen LogP contribution is -2.35. The molecule has 1 aliphatic heterocycles. The lowest BCUT2D eigenvalue weighted by atomic mass is 9.99. The molecule has 1 aliphatic rings. The number of nitrogens with one attached hydrogen (secondary N) is 2. The van der Waals surface area contributed by atoms with Gasteiger partial charge in [0.2, 0.25) is 5.91 Å². The number of piperidine rings is 1. The van der Waals surface area contributed by atoms with Crippen LogP contribution in [0.25, 0.3) is 0 Å². The average Bonchev–Trinajstić information content (AvgIpc) is 2.46. The van der Waals surface area contributed by atoms with Crippen LogP contribution in [0.1, 0.15) is 56.2 Å². The molecule has 0 radical (unpaired) electrons. The number of carbonyl (C=O) groups excluding carboxylic acids is 1. The van der Waals surface area contributed by atoms with Crippen molar-refractivity contribution in [3.05, 3.63) is 35.4 Å². The van der Waals surface area contributed by atoms with Gasteiger partial charge in [-0.25, -0.2) is 0 Å². The van der Waals surface area contributed by atoms with Crippen LogP contribution >= 0.6 is 0 Å². The van der Waals surface area contributed by atoms with Crippen LogP contribution in [-0.2, 0) is 4.79 Å². The van der Waals surface area contributed by atoms with E-state index in [0.29, 0.717) is 12.5 Å². The molecule has 1 fully saturated rings. The lowest BCUT2D eigenvalue weighted by Gasteiger charge is -2.23. The van der Waals surface area contributed by atoms with Crippen LogP contribution in [0.2, 0.25) is 0 Å². The largest absolute Gasteiger partial charge is 0.350 e. The third kappa shape index (κ3) is 4.34. The van der Waals surface area contributed by atoms with Gasteiger partial charge >= 0.3 is 0 Å².